The lowest BCUT2D eigenvalue weighted by Gasteiger charge is -2.26. The normalized spacial score (nSPS) is 21.2. The number of hydrogen-bond donors (Lipinski definition) is 2. The first-order valence-corrected chi connectivity index (χ1v) is 5.87. The van der Waals surface area contributed by atoms with Crippen LogP contribution in [0, 0.1) is 5.41 Å². The molecule has 0 unspecified atom stereocenters. The number of phosphoric acid groups is 1. The van der Waals surface area contributed by atoms with E-state index >= 15 is 0 Å². The largest absolute Gasteiger partial charge is 0.524 e. The van der Waals surface area contributed by atoms with E-state index in [-0.39, 0.29) is 11.2 Å². The number of rotatable bonds is 2. The molecule has 0 heterocycles. The molecule has 0 fully saturated rings. The zero-order valence-electron chi connectivity index (χ0n) is 8.52. The summed E-state index contributed by atoms with van der Waals surface area (Å²) in [5, 5.41) is 0. The van der Waals surface area contributed by atoms with Crippen molar-refractivity contribution in [3.05, 3.63) is 23.5 Å². The van der Waals surface area contributed by atoms with E-state index in [0.29, 0.717) is 0 Å². The molecule has 0 saturated heterocycles. The van der Waals surface area contributed by atoms with Crippen molar-refractivity contribution in [3.63, 3.8) is 0 Å². The van der Waals surface area contributed by atoms with Crippen LogP contribution in [0.5, 0.6) is 0 Å². The topological polar surface area (TPSA) is 66.8 Å². The minimum atomic E-state index is -4.42. The molecule has 1 aliphatic carbocycles. The molecule has 1 rings (SSSR count). The van der Waals surface area contributed by atoms with Crippen molar-refractivity contribution >= 4 is 7.82 Å². The van der Waals surface area contributed by atoms with Crippen LogP contribution in [0.3, 0.4) is 0 Å². The van der Waals surface area contributed by atoms with Crippen molar-refractivity contribution < 1.29 is 18.9 Å². The van der Waals surface area contributed by atoms with E-state index in [9.17, 15) is 4.57 Å². The van der Waals surface area contributed by atoms with Gasteiger partial charge in [-0.3, -0.25) is 9.79 Å². The second-order valence-corrected chi connectivity index (χ2v) is 5.39. The summed E-state index contributed by atoms with van der Waals surface area (Å²) in [5.41, 5.74) is 0.895. The van der Waals surface area contributed by atoms with Crippen LogP contribution in [-0.4, -0.2) is 9.79 Å². The predicted octanol–water partition coefficient (Wildman–Crippen LogP) is 2.36. The molecule has 0 bridgehead atoms. The highest BCUT2D eigenvalue weighted by Crippen LogP contribution is 2.43. The lowest BCUT2D eigenvalue weighted by atomic mass is 9.82. The predicted molar refractivity (Wildman–Crippen MR) is 53.4 cm³/mol. The fraction of sp³-hybridized carbons (Fsp3) is 0.556. The van der Waals surface area contributed by atoms with Crippen LogP contribution in [0.4, 0.5) is 0 Å². The van der Waals surface area contributed by atoms with Crippen molar-refractivity contribution in [2.75, 3.05) is 0 Å². The molecule has 1 aliphatic rings. The van der Waals surface area contributed by atoms with Crippen molar-refractivity contribution in [2.24, 2.45) is 5.41 Å². The average Bonchev–Trinajstić information content (AvgIpc) is 1.92. The van der Waals surface area contributed by atoms with Crippen LogP contribution in [0.2, 0.25) is 0 Å². The summed E-state index contributed by atoms with van der Waals surface area (Å²) in [6, 6.07) is 0. The van der Waals surface area contributed by atoms with Crippen molar-refractivity contribution in [3.8, 4) is 0 Å². The van der Waals surface area contributed by atoms with E-state index in [1.807, 2.05) is 13.0 Å². The number of phosphoric ester groups is 1. The van der Waals surface area contributed by atoms with Crippen molar-refractivity contribution in [1.29, 1.82) is 0 Å². The van der Waals surface area contributed by atoms with Gasteiger partial charge in [0.15, 0.2) is 0 Å². The minimum absolute atomic E-state index is 0.0336. The zero-order valence-corrected chi connectivity index (χ0v) is 9.41. The first-order valence-electron chi connectivity index (χ1n) is 4.34. The maximum atomic E-state index is 10.6. The van der Waals surface area contributed by atoms with Gasteiger partial charge < -0.3 is 4.52 Å². The highest BCUT2D eigenvalue weighted by Gasteiger charge is 2.25. The van der Waals surface area contributed by atoms with Crippen LogP contribution in [0.1, 0.15) is 27.2 Å². The van der Waals surface area contributed by atoms with E-state index < -0.39 is 7.82 Å². The van der Waals surface area contributed by atoms with Crippen molar-refractivity contribution in [1.82, 2.24) is 0 Å². The molecule has 0 aromatic carbocycles. The molecule has 4 nitrogen and oxygen atoms in total. The first-order chi connectivity index (χ1) is 6.20. The highest BCUT2D eigenvalue weighted by atomic mass is 31.2. The number of hydrogen-bond acceptors (Lipinski definition) is 2. The minimum Gasteiger partial charge on any atom is -0.404 e. The van der Waals surface area contributed by atoms with Gasteiger partial charge in [0.05, 0.1) is 0 Å². The Labute approximate surface area is 83.5 Å². The summed E-state index contributed by atoms with van der Waals surface area (Å²) in [6.07, 6.45) is 4.27. The molecule has 5 heteroatoms. The molecular weight excluding hydrogens is 203 g/mol. The van der Waals surface area contributed by atoms with E-state index in [2.05, 4.69) is 18.4 Å². The van der Waals surface area contributed by atoms with E-state index in [1.165, 1.54) is 0 Å². The zero-order chi connectivity index (χ0) is 11.0. The van der Waals surface area contributed by atoms with Crippen LogP contribution in [0.25, 0.3) is 0 Å². The first kappa shape index (κ1) is 11.5. The van der Waals surface area contributed by atoms with E-state index in [4.69, 9.17) is 9.79 Å². The molecular formula is C9H15O4P. The molecule has 80 valence electrons. The van der Waals surface area contributed by atoms with Gasteiger partial charge in [-0.25, -0.2) is 4.57 Å². The summed E-state index contributed by atoms with van der Waals surface area (Å²) in [4.78, 5) is 17.3. The number of allylic oxidation sites excluding steroid dienone is 3. The summed E-state index contributed by atoms with van der Waals surface area (Å²) >= 11 is 0. The smallest absolute Gasteiger partial charge is 0.404 e. The molecule has 0 aromatic rings. The molecule has 0 aromatic heterocycles. The Bertz CT molecular complexity index is 335. The Morgan fingerprint density at radius 3 is 2.50 bits per heavy atom. The Morgan fingerprint density at radius 1 is 1.50 bits per heavy atom. The summed E-state index contributed by atoms with van der Waals surface area (Å²) in [7, 11) is -4.42. The van der Waals surface area contributed by atoms with Crippen molar-refractivity contribution in [2.45, 2.75) is 27.2 Å². The summed E-state index contributed by atoms with van der Waals surface area (Å²) in [5.74, 6) is 0.289. The molecule has 0 atom stereocenters. The van der Waals surface area contributed by atoms with Gasteiger partial charge in [0.25, 0.3) is 0 Å². The standard InChI is InChI=1S/C9H15O4P/c1-7-6-9(2,3)5-4-8(7)13-14(10,11)12/h4-5H,6H2,1-3H3,(H2,10,11,12). The van der Waals surface area contributed by atoms with Gasteiger partial charge in [-0.1, -0.05) is 19.9 Å². The molecule has 0 saturated carbocycles. The molecule has 0 spiro atoms. The van der Waals surface area contributed by atoms with Gasteiger partial charge in [-0.2, -0.15) is 0 Å². The van der Waals surface area contributed by atoms with Gasteiger partial charge in [0, 0.05) is 0 Å². The Hall–Kier alpha value is -0.570. The van der Waals surface area contributed by atoms with Gasteiger partial charge in [-0.15, -0.1) is 0 Å². The van der Waals surface area contributed by atoms with Crippen LogP contribution >= 0.6 is 7.82 Å². The molecule has 2 N–H and O–H groups in total. The van der Waals surface area contributed by atoms with Gasteiger partial charge in [-0.05, 0) is 30.4 Å². The second kappa shape index (κ2) is 3.54. The Morgan fingerprint density at radius 2 is 2.07 bits per heavy atom. The highest BCUT2D eigenvalue weighted by molar-refractivity contribution is 7.46. The summed E-state index contributed by atoms with van der Waals surface area (Å²) < 4.78 is 15.2. The van der Waals surface area contributed by atoms with Crippen LogP contribution in [-0.2, 0) is 9.09 Å². The van der Waals surface area contributed by atoms with E-state index in [0.717, 1.165) is 12.0 Å². The van der Waals surface area contributed by atoms with Crippen LogP contribution in [0.15, 0.2) is 23.5 Å². The van der Waals surface area contributed by atoms with Gasteiger partial charge in [0.1, 0.15) is 5.76 Å². The molecule has 14 heavy (non-hydrogen) atoms. The maximum absolute atomic E-state index is 10.6. The molecule has 0 radical (unpaired) electrons. The fourth-order valence-corrected chi connectivity index (χ4v) is 1.98. The summed E-state index contributed by atoms with van der Waals surface area (Å²) in [6.45, 7) is 5.93. The third-order valence-corrected chi connectivity index (χ3v) is 2.48. The molecule has 0 aliphatic heterocycles. The van der Waals surface area contributed by atoms with Gasteiger partial charge >= 0.3 is 7.82 Å². The lowest BCUT2D eigenvalue weighted by Crippen LogP contribution is -2.13. The maximum Gasteiger partial charge on any atom is 0.524 e. The van der Waals surface area contributed by atoms with Gasteiger partial charge in [0.2, 0.25) is 0 Å². The Kier molecular flexibility index (Phi) is 2.91. The molecule has 0 amide bonds. The average molecular weight is 218 g/mol. The Balaban J connectivity index is 2.84. The van der Waals surface area contributed by atoms with Crippen LogP contribution < -0.4 is 0 Å². The fourth-order valence-electron chi connectivity index (χ4n) is 1.51. The van der Waals surface area contributed by atoms with E-state index in [1.54, 1.807) is 6.08 Å². The SMILES string of the molecule is CC1=C(OP(=O)(O)O)C=CC(C)(C)C1. The third kappa shape index (κ3) is 3.29. The monoisotopic (exact) mass is 218 g/mol. The third-order valence-electron chi connectivity index (χ3n) is 2.04. The quantitative estimate of drug-likeness (QED) is 0.698. The lowest BCUT2D eigenvalue weighted by molar-refractivity contribution is 0.242. The second-order valence-electron chi connectivity index (χ2n) is 4.23.